The average molecular weight is 342 g/mol. The predicted octanol–water partition coefficient (Wildman–Crippen LogP) is 5.27. The van der Waals surface area contributed by atoms with Gasteiger partial charge < -0.3 is 0 Å². The van der Waals surface area contributed by atoms with Gasteiger partial charge in [0.15, 0.2) is 11.6 Å². The summed E-state index contributed by atoms with van der Waals surface area (Å²) in [6, 6.07) is 22.3. The highest BCUT2D eigenvalue weighted by Gasteiger charge is 2.22. The van der Waals surface area contributed by atoms with E-state index in [4.69, 9.17) is 0 Å². The molecule has 3 aromatic rings. The highest BCUT2D eigenvalue weighted by molar-refractivity contribution is 6.15. The first-order valence-corrected chi connectivity index (χ1v) is 9.01. The van der Waals surface area contributed by atoms with Crippen molar-refractivity contribution in [2.24, 2.45) is 0 Å². The van der Waals surface area contributed by atoms with Gasteiger partial charge in [-0.05, 0) is 24.0 Å². The SMILES string of the molecule is CCc1ccc(C(=O)c2ccccc2)c(CC)c1C(=O)c1ccccc1. The number of hydrogen-bond acceptors (Lipinski definition) is 2. The van der Waals surface area contributed by atoms with E-state index in [0.29, 0.717) is 28.7 Å². The lowest BCUT2D eigenvalue weighted by atomic mass is 9.86. The minimum Gasteiger partial charge on any atom is -0.289 e. The molecule has 0 N–H and O–H groups in total. The maximum Gasteiger partial charge on any atom is 0.193 e. The van der Waals surface area contributed by atoms with E-state index in [1.165, 1.54) is 0 Å². The second-order valence-electron chi connectivity index (χ2n) is 6.22. The molecule has 0 aliphatic heterocycles. The van der Waals surface area contributed by atoms with Crippen LogP contribution in [-0.2, 0) is 12.8 Å². The molecular weight excluding hydrogens is 320 g/mol. The van der Waals surface area contributed by atoms with Gasteiger partial charge in [-0.2, -0.15) is 0 Å². The Morgan fingerprint density at radius 1 is 0.654 bits per heavy atom. The molecule has 2 nitrogen and oxygen atoms in total. The molecule has 0 aromatic heterocycles. The molecular formula is C24H22O2. The fraction of sp³-hybridized carbons (Fsp3) is 0.167. The molecule has 3 aromatic carbocycles. The normalized spacial score (nSPS) is 10.5. The first-order chi connectivity index (χ1) is 12.7. The van der Waals surface area contributed by atoms with Crippen LogP contribution in [0.4, 0.5) is 0 Å². The molecule has 0 radical (unpaired) electrons. The van der Waals surface area contributed by atoms with Crippen molar-refractivity contribution in [2.45, 2.75) is 26.7 Å². The number of aryl methyl sites for hydroxylation is 1. The topological polar surface area (TPSA) is 34.1 Å². The van der Waals surface area contributed by atoms with E-state index in [1.54, 1.807) is 0 Å². The fourth-order valence-electron chi connectivity index (χ4n) is 3.33. The largest absolute Gasteiger partial charge is 0.289 e. The van der Waals surface area contributed by atoms with Crippen LogP contribution in [0, 0.1) is 0 Å². The Labute approximate surface area is 154 Å². The van der Waals surface area contributed by atoms with Crippen LogP contribution >= 0.6 is 0 Å². The number of rotatable bonds is 6. The lowest BCUT2D eigenvalue weighted by molar-refractivity contribution is 0.103. The summed E-state index contributed by atoms with van der Waals surface area (Å²) in [6.07, 6.45) is 1.39. The number of benzene rings is 3. The first-order valence-electron chi connectivity index (χ1n) is 9.01. The van der Waals surface area contributed by atoms with Crippen LogP contribution in [0.2, 0.25) is 0 Å². The van der Waals surface area contributed by atoms with E-state index in [2.05, 4.69) is 0 Å². The van der Waals surface area contributed by atoms with E-state index in [0.717, 1.165) is 17.5 Å². The van der Waals surface area contributed by atoms with E-state index in [1.807, 2.05) is 86.6 Å². The summed E-state index contributed by atoms with van der Waals surface area (Å²) in [5, 5.41) is 0. The zero-order valence-electron chi connectivity index (χ0n) is 15.2. The Morgan fingerprint density at radius 3 is 1.69 bits per heavy atom. The first kappa shape index (κ1) is 17.8. The zero-order chi connectivity index (χ0) is 18.5. The maximum absolute atomic E-state index is 13.2. The average Bonchev–Trinajstić information content (AvgIpc) is 2.72. The molecule has 0 amide bonds. The number of ketones is 2. The van der Waals surface area contributed by atoms with Crippen molar-refractivity contribution >= 4 is 11.6 Å². The van der Waals surface area contributed by atoms with Gasteiger partial charge in [0.25, 0.3) is 0 Å². The van der Waals surface area contributed by atoms with Gasteiger partial charge in [-0.1, -0.05) is 86.6 Å². The van der Waals surface area contributed by atoms with Crippen molar-refractivity contribution in [3.63, 3.8) is 0 Å². The summed E-state index contributed by atoms with van der Waals surface area (Å²) in [5.74, 6) is -0.0470. The molecule has 0 atom stereocenters. The smallest absolute Gasteiger partial charge is 0.193 e. The second kappa shape index (κ2) is 7.92. The van der Waals surface area contributed by atoms with Crippen LogP contribution in [0.1, 0.15) is 56.8 Å². The van der Waals surface area contributed by atoms with Crippen LogP contribution in [0.25, 0.3) is 0 Å². The van der Waals surface area contributed by atoms with Gasteiger partial charge in [0.2, 0.25) is 0 Å². The van der Waals surface area contributed by atoms with Crippen molar-refractivity contribution in [1.29, 1.82) is 0 Å². The van der Waals surface area contributed by atoms with Crippen LogP contribution in [0.15, 0.2) is 72.8 Å². The molecule has 2 heteroatoms. The van der Waals surface area contributed by atoms with Crippen molar-refractivity contribution in [1.82, 2.24) is 0 Å². The summed E-state index contributed by atoms with van der Waals surface area (Å²) in [4.78, 5) is 26.2. The van der Waals surface area contributed by atoms with Gasteiger partial charge in [-0.15, -0.1) is 0 Å². The standard InChI is InChI=1S/C24H22O2/c1-3-17-15-16-21(23(25)18-11-7-5-8-12-18)20(4-2)22(17)24(26)19-13-9-6-10-14-19/h5-16H,3-4H2,1-2H3. The van der Waals surface area contributed by atoms with Gasteiger partial charge in [-0.25, -0.2) is 0 Å². The molecule has 0 fully saturated rings. The maximum atomic E-state index is 13.2. The summed E-state index contributed by atoms with van der Waals surface area (Å²) in [6.45, 7) is 4.04. The predicted molar refractivity (Wildman–Crippen MR) is 105 cm³/mol. The molecule has 0 saturated heterocycles. The Bertz CT molecular complexity index is 925. The molecule has 0 bridgehead atoms. The monoisotopic (exact) mass is 342 g/mol. The summed E-state index contributed by atoms with van der Waals surface area (Å²) < 4.78 is 0. The summed E-state index contributed by atoms with van der Waals surface area (Å²) >= 11 is 0. The quantitative estimate of drug-likeness (QED) is 0.572. The Kier molecular flexibility index (Phi) is 5.43. The molecule has 0 unspecified atom stereocenters. The Hall–Kier alpha value is -3.00. The lowest BCUT2D eigenvalue weighted by Gasteiger charge is -2.16. The lowest BCUT2D eigenvalue weighted by Crippen LogP contribution is -2.14. The molecule has 0 aliphatic rings. The van der Waals surface area contributed by atoms with E-state index >= 15 is 0 Å². The third-order valence-electron chi connectivity index (χ3n) is 4.68. The van der Waals surface area contributed by atoms with Crippen molar-refractivity contribution in [3.8, 4) is 0 Å². The van der Waals surface area contributed by atoms with E-state index in [-0.39, 0.29) is 11.6 Å². The number of carbonyl (C=O) groups is 2. The third-order valence-corrected chi connectivity index (χ3v) is 4.68. The Balaban J connectivity index is 2.17. The molecule has 130 valence electrons. The third kappa shape index (κ3) is 3.36. The number of hydrogen-bond donors (Lipinski definition) is 0. The van der Waals surface area contributed by atoms with Crippen LogP contribution in [0.3, 0.4) is 0 Å². The molecule has 3 rings (SSSR count). The van der Waals surface area contributed by atoms with Crippen molar-refractivity contribution in [3.05, 3.63) is 106 Å². The molecule has 26 heavy (non-hydrogen) atoms. The van der Waals surface area contributed by atoms with Crippen LogP contribution in [-0.4, -0.2) is 11.6 Å². The Morgan fingerprint density at radius 2 is 1.19 bits per heavy atom. The molecule has 0 aliphatic carbocycles. The minimum absolute atomic E-state index is 0.0120. The summed E-state index contributed by atoms with van der Waals surface area (Å²) in [7, 11) is 0. The highest BCUT2D eigenvalue weighted by Crippen LogP contribution is 2.26. The second-order valence-corrected chi connectivity index (χ2v) is 6.22. The molecule has 0 heterocycles. The van der Waals surface area contributed by atoms with Gasteiger partial charge in [0.05, 0.1) is 0 Å². The number of carbonyl (C=O) groups excluding carboxylic acids is 2. The molecule has 0 spiro atoms. The molecule has 0 saturated carbocycles. The fourth-order valence-corrected chi connectivity index (χ4v) is 3.33. The van der Waals surface area contributed by atoms with Gasteiger partial charge >= 0.3 is 0 Å². The van der Waals surface area contributed by atoms with Gasteiger partial charge in [0.1, 0.15) is 0 Å². The zero-order valence-corrected chi connectivity index (χ0v) is 15.2. The van der Waals surface area contributed by atoms with Crippen LogP contribution < -0.4 is 0 Å². The van der Waals surface area contributed by atoms with Crippen LogP contribution in [0.5, 0.6) is 0 Å². The van der Waals surface area contributed by atoms with E-state index < -0.39 is 0 Å². The van der Waals surface area contributed by atoms with Crippen molar-refractivity contribution < 1.29 is 9.59 Å². The van der Waals surface area contributed by atoms with Gasteiger partial charge in [-0.3, -0.25) is 9.59 Å². The van der Waals surface area contributed by atoms with E-state index in [9.17, 15) is 9.59 Å². The summed E-state index contributed by atoms with van der Waals surface area (Å²) in [5.41, 5.74) is 4.43. The minimum atomic E-state index is -0.0350. The highest BCUT2D eigenvalue weighted by atomic mass is 16.1. The van der Waals surface area contributed by atoms with Crippen molar-refractivity contribution in [2.75, 3.05) is 0 Å². The van der Waals surface area contributed by atoms with Gasteiger partial charge in [0, 0.05) is 22.3 Å².